The van der Waals surface area contributed by atoms with Crippen LogP contribution in [-0.4, -0.2) is 22.1 Å². The molecule has 0 aliphatic carbocycles. The summed E-state index contributed by atoms with van der Waals surface area (Å²) in [7, 11) is 0. The number of hydrogen-bond donors (Lipinski definition) is 1. The Kier molecular flexibility index (Phi) is 4.28. The molecule has 92 valence electrons. The lowest BCUT2D eigenvalue weighted by Gasteiger charge is -2.13. The molecular weight excluding hydrogens is 250 g/mol. The predicted octanol–water partition coefficient (Wildman–Crippen LogP) is 2.49. The summed E-state index contributed by atoms with van der Waals surface area (Å²) in [5.41, 5.74) is -0.145. The standard InChI is InChI=1S/C10H10ClNO5/c1-6(4-10(13)14)17-9-3-2-7(12(15)16)5-8(9)11/h2-3,5-6H,4H2,1H3,(H,13,14)/t6-/m0/s1. The highest BCUT2D eigenvalue weighted by Crippen LogP contribution is 2.29. The van der Waals surface area contributed by atoms with Crippen LogP contribution in [-0.2, 0) is 4.79 Å². The quantitative estimate of drug-likeness (QED) is 0.648. The van der Waals surface area contributed by atoms with Crippen LogP contribution in [0.15, 0.2) is 18.2 Å². The van der Waals surface area contributed by atoms with E-state index in [1.54, 1.807) is 6.92 Å². The molecule has 1 aromatic carbocycles. The van der Waals surface area contributed by atoms with Gasteiger partial charge in [-0.15, -0.1) is 0 Å². The second kappa shape index (κ2) is 5.49. The third kappa shape index (κ3) is 3.92. The van der Waals surface area contributed by atoms with Crippen molar-refractivity contribution in [2.24, 2.45) is 0 Å². The Labute approximate surface area is 102 Å². The Morgan fingerprint density at radius 2 is 2.29 bits per heavy atom. The molecule has 7 heteroatoms. The summed E-state index contributed by atoms with van der Waals surface area (Å²) in [6.45, 7) is 1.58. The number of benzene rings is 1. The molecule has 0 amide bonds. The van der Waals surface area contributed by atoms with Gasteiger partial charge in [-0.3, -0.25) is 14.9 Å². The topological polar surface area (TPSA) is 89.7 Å². The van der Waals surface area contributed by atoms with Crippen molar-refractivity contribution in [3.05, 3.63) is 33.3 Å². The maximum absolute atomic E-state index is 10.5. The zero-order valence-electron chi connectivity index (χ0n) is 8.92. The SMILES string of the molecule is C[C@@H](CC(=O)O)Oc1ccc([N+](=O)[O-])cc1Cl. The number of nitro groups is 1. The van der Waals surface area contributed by atoms with Crippen LogP contribution in [0.2, 0.25) is 5.02 Å². The van der Waals surface area contributed by atoms with Crippen molar-refractivity contribution in [2.75, 3.05) is 0 Å². The average molecular weight is 260 g/mol. The molecule has 17 heavy (non-hydrogen) atoms. The molecule has 0 aromatic heterocycles. The van der Waals surface area contributed by atoms with Crippen LogP contribution < -0.4 is 4.74 Å². The van der Waals surface area contributed by atoms with Crippen LogP contribution in [0.5, 0.6) is 5.75 Å². The van der Waals surface area contributed by atoms with Crippen molar-refractivity contribution in [2.45, 2.75) is 19.4 Å². The van der Waals surface area contributed by atoms with Crippen LogP contribution in [0.3, 0.4) is 0 Å². The van der Waals surface area contributed by atoms with E-state index in [0.29, 0.717) is 0 Å². The molecule has 1 aromatic rings. The number of aliphatic carboxylic acids is 1. The Balaban J connectivity index is 2.79. The van der Waals surface area contributed by atoms with Crippen molar-refractivity contribution < 1.29 is 19.6 Å². The van der Waals surface area contributed by atoms with Gasteiger partial charge < -0.3 is 9.84 Å². The van der Waals surface area contributed by atoms with Gasteiger partial charge in [0.2, 0.25) is 0 Å². The number of carboxylic acid groups (broad SMARTS) is 1. The molecule has 0 radical (unpaired) electrons. The Morgan fingerprint density at radius 3 is 2.76 bits per heavy atom. The van der Waals surface area contributed by atoms with Crippen molar-refractivity contribution in [1.82, 2.24) is 0 Å². The maximum atomic E-state index is 10.5. The third-order valence-corrected chi connectivity index (χ3v) is 2.21. The van der Waals surface area contributed by atoms with E-state index < -0.39 is 17.0 Å². The number of halogens is 1. The number of nitro benzene ring substituents is 1. The molecule has 1 N–H and O–H groups in total. The first-order valence-electron chi connectivity index (χ1n) is 4.72. The molecule has 0 spiro atoms. The molecule has 0 heterocycles. The molecule has 0 aliphatic heterocycles. The third-order valence-electron chi connectivity index (χ3n) is 1.92. The van der Waals surface area contributed by atoms with E-state index in [0.717, 1.165) is 6.07 Å². The smallest absolute Gasteiger partial charge is 0.307 e. The van der Waals surface area contributed by atoms with Gasteiger partial charge >= 0.3 is 5.97 Å². The van der Waals surface area contributed by atoms with Crippen molar-refractivity contribution in [1.29, 1.82) is 0 Å². The molecule has 0 saturated heterocycles. The lowest BCUT2D eigenvalue weighted by molar-refractivity contribution is -0.384. The van der Waals surface area contributed by atoms with Gasteiger partial charge in [-0.1, -0.05) is 11.6 Å². The van der Waals surface area contributed by atoms with Gasteiger partial charge in [-0.2, -0.15) is 0 Å². The van der Waals surface area contributed by atoms with Gasteiger partial charge in [-0.25, -0.2) is 0 Å². The fourth-order valence-electron chi connectivity index (χ4n) is 1.20. The van der Waals surface area contributed by atoms with Crippen LogP contribution >= 0.6 is 11.6 Å². The van der Waals surface area contributed by atoms with Gasteiger partial charge in [0.1, 0.15) is 11.9 Å². The summed E-state index contributed by atoms with van der Waals surface area (Å²) in [5, 5.41) is 19.1. The minimum absolute atomic E-state index is 0.0800. The lowest BCUT2D eigenvalue weighted by atomic mass is 10.2. The molecular formula is C10H10ClNO5. The first-order chi connectivity index (χ1) is 7.90. The molecule has 0 aliphatic rings. The van der Waals surface area contributed by atoms with Crippen LogP contribution in [0.25, 0.3) is 0 Å². The maximum Gasteiger partial charge on any atom is 0.307 e. The van der Waals surface area contributed by atoms with E-state index in [9.17, 15) is 14.9 Å². The lowest BCUT2D eigenvalue weighted by Crippen LogP contribution is -2.16. The van der Waals surface area contributed by atoms with Gasteiger partial charge in [0.25, 0.3) is 5.69 Å². The fourth-order valence-corrected chi connectivity index (χ4v) is 1.42. The van der Waals surface area contributed by atoms with E-state index in [1.165, 1.54) is 12.1 Å². The van der Waals surface area contributed by atoms with E-state index in [4.69, 9.17) is 21.4 Å². The summed E-state index contributed by atoms with van der Waals surface area (Å²) in [6.07, 6.45) is -0.737. The number of hydrogen-bond acceptors (Lipinski definition) is 4. The van der Waals surface area contributed by atoms with E-state index in [-0.39, 0.29) is 22.9 Å². The molecule has 6 nitrogen and oxygen atoms in total. The number of ether oxygens (including phenoxy) is 1. The van der Waals surface area contributed by atoms with Crippen molar-refractivity contribution >= 4 is 23.3 Å². The fraction of sp³-hybridized carbons (Fsp3) is 0.300. The number of carbonyl (C=O) groups is 1. The minimum Gasteiger partial charge on any atom is -0.489 e. The zero-order chi connectivity index (χ0) is 13.0. The van der Waals surface area contributed by atoms with Gasteiger partial charge in [0.05, 0.1) is 16.4 Å². The van der Waals surface area contributed by atoms with Crippen molar-refractivity contribution in [3.8, 4) is 5.75 Å². The molecule has 1 atom stereocenters. The highest BCUT2D eigenvalue weighted by molar-refractivity contribution is 6.32. The molecule has 1 rings (SSSR count). The second-order valence-corrected chi connectivity index (χ2v) is 3.81. The summed E-state index contributed by atoms with van der Waals surface area (Å²) in [6, 6.07) is 3.75. The molecule has 0 saturated carbocycles. The molecule has 0 unspecified atom stereocenters. The first kappa shape index (κ1) is 13.2. The number of carboxylic acids is 1. The van der Waals surface area contributed by atoms with Gasteiger partial charge in [-0.05, 0) is 13.0 Å². The Bertz CT molecular complexity index is 448. The highest BCUT2D eigenvalue weighted by Gasteiger charge is 2.14. The number of non-ortho nitro benzene ring substituents is 1. The first-order valence-corrected chi connectivity index (χ1v) is 5.10. The second-order valence-electron chi connectivity index (χ2n) is 3.40. The molecule has 0 fully saturated rings. The summed E-state index contributed by atoms with van der Waals surface area (Å²) < 4.78 is 5.26. The van der Waals surface area contributed by atoms with Crippen LogP contribution in [0.4, 0.5) is 5.69 Å². The average Bonchev–Trinajstić information content (AvgIpc) is 2.19. The summed E-state index contributed by atoms with van der Waals surface area (Å²) >= 11 is 5.78. The highest BCUT2D eigenvalue weighted by atomic mass is 35.5. The van der Waals surface area contributed by atoms with Gasteiger partial charge in [0, 0.05) is 12.1 Å². The van der Waals surface area contributed by atoms with Crippen molar-refractivity contribution in [3.63, 3.8) is 0 Å². The molecule has 0 bridgehead atoms. The van der Waals surface area contributed by atoms with E-state index >= 15 is 0 Å². The van der Waals surface area contributed by atoms with Gasteiger partial charge in [0.15, 0.2) is 0 Å². The van der Waals surface area contributed by atoms with E-state index in [2.05, 4.69) is 0 Å². The number of rotatable bonds is 5. The minimum atomic E-state index is -0.990. The zero-order valence-corrected chi connectivity index (χ0v) is 9.68. The summed E-state index contributed by atoms with van der Waals surface area (Å²) in [5.74, 6) is -0.762. The largest absolute Gasteiger partial charge is 0.489 e. The van der Waals surface area contributed by atoms with Crippen LogP contribution in [0.1, 0.15) is 13.3 Å². The predicted molar refractivity (Wildman–Crippen MR) is 60.4 cm³/mol. The normalized spacial score (nSPS) is 11.9. The monoisotopic (exact) mass is 259 g/mol. The Morgan fingerprint density at radius 1 is 1.65 bits per heavy atom. The Hall–Kier alpha value is -1.82. The van der Waals surface area contributed by atoms with Crippen LogP contribution in [0, 0.1) is 10.1 Å². The number of nitrogens with zero attached hydrogens (tertiary/aromatic N) is 1. The summed E-state index contributed by atoms with van der Waals surface area (Å²) in [4.78, 5) is 20.3. The van der Waals surface area contributed by atoms with E-state index in [1.807, 2.05) is 0 Å².